The van der Waals surface area contributed by atoms with Crippen molar-refractivity contribution in [3.63, 3.8) is 0 Å². The molecule has 1 atom stereocenters. The molecule has 14 heavy (non-hydrogen) atoms. The Morgan fingerprint density at radius 1 is 1.21 bits per heavy atom. The van der Waals surface area contributed by atoms with Gasteiger partial charge < -0.3 is 14.9 Å². The zero-order valence-electron chi connectivity index (χ0n) is 7.94. The minimum atomic E-state index is -0.869. The van der Waals surface area contributed by atoms with Crippen LogP contribution in [0.2, 0.25) is 0 Å². The molecule has 2 N–H and O–H groups in total. The van der Waals surface area contributed by atoms with Crippen LogP contribution in [0.1, 0.15) is 18.4 Å². The van der Waals surface area contributed by atoms with Gasteiger partial charge in [-0.25, -0.2) is 0 Å². The summed E-state index contributed by atoms with van der Waals surface area (Å²) in [4.78, 5) is 0. The maximum Gasteiger partial charge on any atom is 0.115 e. The summed E-state index contributed by atoms with van der Waals surface area (Å²) >= 11 is 0. The molecule has 1 saturated heterocycles. The Morgan fingerprint density at radius 3 is 2.50 bits per heavy atom. The van der Waals surface area contributed by atoms with Gasteiger partial charge >= 0.3 is 0 Å². The van der Waals surface area contributed by atoms with Crippen LogP contribution in [-0.4, -0.2) is 23.4 Å². The number of aliphatic hydroxyl groups is 1. The predicted octanol–water partition coefficient (Wildman–Crippen LogP) is 1.39. The number of benzene rings is 1. The van der Waals surface area contributed by atoms with E-state index in [1.165, 1.54) is 0 Å². The molecule has 1 aliphatic heterocycles. The van der Waals surface area contributed by atoms with Gasteiger partial charge in [0.2, 0.25) is 0 Å². The maximum absolute atomic E-state index is 10.2. The summed E-state index contributed by atoms with van der Waals surface area (Å²) in [6.07, 6.45) is 1.59. The highest BCUT2D eigenvalue weighted by Gasteiger charge is 2.31. The summed E-state index contributed by atoms with van der Waals surface area (Å²) in [6.45, 7) is 1.07. The highest BCUT2D eigenvalue weighted by molar-refractivity contribution is 5.30. The second kappa shape index (κ2) is 3.59. The Bertz CT molecular complexity index is 299. The lowest BCUT2D eigenvalue weighted by Crippen LogP contribution is -2.35. The molecule has 1 aromatic rings. The normalized spacial score (nSPS) is 27.5. The monoisotopic (exact) mass is 194 g/mol. The topological polar surface area (TPSA) is 49.7 Å². The molecule has 3 heteroatoms. The first-order valence-corrected chi connectivity index (χ1v) is 4.80. The number of rotatable bonds is 1. The third-order valence-corrected chi connectivity index (χ3v) is 2.62. The second-order valence-electron chi connectivity index (χ2n) is 3.73. The summed E-state index contributed by atoms with van der Waals surface area (Å²) in [5.41, 5.74) is -0.0543. The van der Waals surface area contributed by atoms with E-state index in [0.717, 1.165) is 25.0 Å². The molecule has 0 aromatic heterocycles. The molecule has 1 fully saturated rings. The van der Waals surface area contributed by atoms with Crippen LogP contribution >= 0.6 is 0 Å². The molecule has 0 bridgehead atoms. The fraction of sp³-hybridized carbons (Fsp3) is 0.455. The molecule has 1 aromatic carbocycles. The Hall–Kier alpha value is -1.06. The minimum Gasteiger partial charge on any atom is -0.508 e. The van der Waals surface area contributed by atoms with E-state index in [0.29, 0.717) is 6.61 Å². The van der Waals surface area contributed by atoms with Gasteiger partial charge in [0.15, 0.2) is 0 Å². The number of aromatic hydroxyl groups is 1. The van der Waals surface area contributed by atoms with Crippen LogP contribution in [0, 0.1) is 0 Å². The number of phenols is 1. The average Bonchev–Trinajstić information content (AvgIpc) is 2.19. The molecule has 2 rings (SSSR count). The minimum absolute atomic E-state index is 0.217. The quantitative estimate of drug-likeness (QED) is 0.710. The molecule has 0 aliphatic carbocycles. The fourth-order valence-electron chi connectivity index (χ4n) is 1.78. The van der Waals surface area contributed by atoms with Crippen LogP contribution in [0.25, 0.3) is 0 Å². The third kappa shape index (κ3) is 1.74. The lowest BCUT2D eigenvalue weighted by atomic mass is 9.88. The van der Waals surface area contributed by atoms with Crippen molar-refractivity contribution in [2.45, 2.75) is 18.4 Å². The van der Waals surface area contributed by atoms with Gasteiger partial charge in [-0.2, -0.15) is 0 Å². The summed E-state index contributed by atoms with van der Waals surface area (Å²) in [5, 5.41) is 19.4. The average molecular weight is 194 g/mol. The van der Waals surface area contributed by atoms with Crippen molar-refractivity contribution in [2.24, 2.45) is 0 Å². The molecule has 0 spiro atoms. The smallest absolute Gasteiger partial charge is 0.115 e. The lowest BCUT2D eigenvalue weighted by Gasteiger charge is -2.32. The van der Waals surface area contributed by atoms with E-state index >= 15 is 0 Å². The van der Waals surface area contributed by atoms with Crippen molar-refractivity contribution in [1.29, 1.82) is 0 Å². The zero-order valence-corrected chi connectivity index (χ0v) is 7.94. The van der Waals surface area contributed by atoms with Gasteiger partial charge in [0.1, 0.15) is 11.4 Å². The van der Waals surface area contributed by atoms with Gasteiger partial charge in [0.25, 0.3) is 0 Å². The standard InChI is InChI=1S/C11H14O3/c12-10-4-2-9(3-5-10)11(13)6-1-7-14-8-11/h2-5,12-13H,1,6-8H2. The molecule has 76 valence electrons. The third-order valence-electron chi connectivity index (χ3n) is 2.62. The van der Waals surface area contributed by atoms with Crippen molar-refractivity contribution in [2.75, 3.05) is 13.2 Å². The van der Waals surface area contributed by atoms with Crippen LogP contribution in [0.5, 0.6) is 5.75 Å². The molecular formula is C11H14O3. The van der Waals surface area contributed by atoms with Crippen LogP contribution in [0.3, 0.4) is 0 Å². The van der Waals surface area contributed by atoms with Crippen LogP contribution in [0.4, 0.5) is 0 Å². The van der Waals surface area contributed by atoms with E-state index in [1.807, 2.05) is 0 Å². The summed E-state index contributed by atoms with van der Waals surface area (Å²) in [5.74, 6) is 0.217. The fourth-order valence-corrected chi connectivity index (χ4v) is 1.78. The van der Waals surface area contributed by atoms with Gasteiger partial charge in [0, 0.05) is 6.61 Å². The van der Waals surface area contributed by atoms with Gasteiger partial charge in [-0.05, 0) is 30.5 Å². The molecule has 0 amide bonds. The molecule has 0 radical (unpaired) electrons. The van der Waals surface area contributed by atoms with Crippen LogP contribution in [-0.2, 0) is 10.3 Å². The summed E-state index contributed by atoms with van der Waals surface area (Å²) in [7, 11) is 0. The Kier molecular flexibility index (Phi) is 2.44. The molecular weight excluding hydrogens is 180 g/mol. The van der Waals surface area contributed by atoms with Gasteiger partial charge in [-0.15, -0.1) is 0 Å². The first kappa shape index (κ1) is 9.49. The Balaban J connectivity index is 2.23. The van der Waals surface area contributed by atoms with Gasteiger partial charge in [-0.3, -0.25) is 0 Å². The van der Waals surface area contributed by atoms with Crippen molar-refractivity contribution in [3.05, 3.63) is 29.8 Å². The van der Waals surface area contributed by atoms with Gasteiger partial charge in [-0.1, -0.05) is 12.1 Å². The van der Waals surface area contributed by atoms with Crippen LogP contribution < -0.4 is 0 Å². The molecule has 1 heterocycles. The highest BCUT2D eigenvalue weighted by atomic mass is 16.5. The Labute approximate surface area is 83.0 Å². The molecule has 1 unspecified atom stereocenters. The molecule has 0 saturated carbocycles. The zero-order chi connectivity index (χ0) is 10.0. The number of hydrogen-bond acceptors (Lipinski definition) is 3. The van der Waals surface area contributed by atoms with E-state index < -0.39 is 5.60 Å². The van der Waals surface area contributed by atoms with E-state index in [-0.39, 0.29) is 5.75 Å². The molecule has 3 nitrogen and oxygen atoms in total. The van der Waals surface area contributed by atoms with Crippen molar-refractivity contribution in [3.8, 4) is 5.75 Å². The van der Waals surface area contributed by atoms with Crippen molar-refractivity contribution in [1.82, 2.24) is 0 Å². The SMILES string of the molecule is Oc1ccc(C2(O)CCCOC2)cc1. The first-order chi connectivity index (χ1) is 6.71. The number of ether oxygens (including phenoxy) is 1. The van der Waals surface area contributed by atoms with Crippen molar-refractivity contribution >= 4 is 0 Å². The van der Waals surface area contributed by atoms with E-state index in [4.69, 9.17) is 9.84 Å². The second-order valence-corrected chi connectivity index (χ2v) is 3.73. The number of phenolic OH excluding ortho intramolecular Hbond substituents is 1. The number of hydrogen-bond donors (Lipinski definition) is 2. The van der Waals surface area contributed by atoms with Gasteiger partial charge in [0.05, 0.1) is 6.61 Å². The maximum atomic E-state index is 10.2. The largest absolute Gasteiger partial charge is 0.508 e. The highest BCUT2D eigenvalue weighted by Crippen LogP contribution is 2.30. The lowest BCUT2D eigenvalue weighted by molar-refractivity contribution is -0.0902. The van der Waals surface area contributed by atoms with E-state index in [2.05, 4.69) is 0 Å². The molecule has 1 aliphatic rings. The Morgan fingerprint density at radius 2 is 1.93 bits per heavy atom. The van der Waals surface area contributed by atoms with E-state index in [1.54, 1.807) is 24.3 Å². The first-order valence-electron chi connectivity index (χ1n) is 4.80. The van der Waals surface area contributed by atoms with E-state index in [9.17, 15) is 5.11 Å². The summed E-state index contributed by atoms with van der Waals surface area (Å²) in [6, 6.07) is 6.65. The summed E-state index contributed by atoms with van der Waals surface area (Å²) < 4.78 is 5.26. The van der Waals surface area contributed by atoms with Crippen molar-refractivity contribution < 1.29 is 14.9 Å². The predicted molar refractivity (Wildman–Crippen MR) is 52.1 cm³/mol. The van der Waals surface area contributed by atoms with Crippen LogP contribution in [0.15, 0.2) is 24.3 Å².